The Kier molecular flexibility index (Phi) is 3.74. The molecule has 6 nitrogen and oxygen atoms in total. The smallest absolute Gasteiger partial charge is 0.220 e. The Hall–Kier alpha value is -2.15. The molecule has 3 rings (SSSR count). The summed E-state index contributed by atoms with van der Waals surface area (Å²) >= 11 is 1.39. The molecule has 1 fully saturated rings. The zero-order valence-electron chi connectivity index (χ0n) is 11.5. The number of nitrogens with two attached hydrogens (primary N) is 2. The molecule has 2 aromatic rings. The number of hydrogen-bond donors (Lipinski definition) is 2. The number of carbonyl (C=O) groups is 1. The zero-order chi connectivity index (χ0) is 14.8. The van der Waals surface area contributed by atoms with Crippen molar-refractivity contribution in [2.45, 2.75) is 12.8 Å². The third-order valence-electron chi connectivity index (χ3n) is 3.84. The number of primary amides is 1. The first-order valence-corrected chi connectivity index (χ1v) is 7.64. The normalized spacial score (nSPS) is 16.1. The van der Waals surface area contributed by atoms with Crippen molar-refractivity contribution in [3.63, 3.8) is 0 Å². The molecule has 0 aliphatic carbocycles. The van der Waals surface area contributed by atoms with Crippen molar-refractivity contribution in [2.75, 3.05) is 23.7 Å². The van der Waals surface area contributed by atoms with Crippen LogP contribution in [0.4, 0.5) is 10.8 Å². The van der Waals surface area contributed by atoms with E-state index in [9.17, 15) is 4.79 Å². The van der Waals surface area contributed by atoms with Crippen molar-refractivity contribution in [3.05, 3.63) is 24.5 Å². The second-order valence-corrected chi connectivity index (χ2v) is 5.91. The SMILES string of the molecule is NC(=O)C1CCN(c2snc(N)c2-c2cccnc2)CC1. The van der Waals surface area contributed by atoms with Gasteiger partial charge in [-0.2, -0.15) is 4.37 Å². The molecule has 7 heteroatoms. The first-order chi connectivity index (χ1) is 10.2. The standard InChI is InChI=1S/C14H17N5OS/c15-12-11(10-2-1-5-17-8-10)14(21-18-12)19-6-3-9(4-7-19)13(16)20/h1-2,5,8-9H,3-4,6-7H2,(H2,15,18)(H2,16,20). The summed E-state index contributed by atoms with van der Waals surface area (Å²) in [4.78, 5) is 17.6. The highest BCUT2D eigenvalue weighted by atomic mass is 32.1. The van der Waals surface area contributed by atoms with E-state index in [1.165, 1.54) is 11.5 Å². The van der Waals surface area contributed by atoms with Crippen LogP contribution in [0.2, 0.25) is 0 Å². The molecule has 2 aromatic heterocycles. The van der Waals surface area contributed by atoms with Crippen LogP contribution >= 0.6 is 11.5 Å². The largest absolute Gasteiger partial charge is 0.382 e. The predicted octanol–water partition coefficient (Wildman–Crippen LogP) is 1.49. The van der Waals surface area contributed by atoms with Gasteiger partial charge in [-0.1, -0.05) is 6.07 Å². The number of aromatic nitrogens is 2. The number of anilines is 2. The van der Waals surface area contributed by atoms with Gasteiger partial charge in [-0.3, -0.25) is 9.78 Å². The van der Waals surface area contributed by atoms with Crippen LogP contribution in [-0.2, 0) is 4.79 Å². The molecule has 21 heavy (non-hydrogen) atoms. The molecule has 1 amide bonds. The fourth-order valence-electron chi connectivity index (χ4n) is 2.66. The Labute approximate surface area is 126 Å². The number of rotatable bonds is 3. The van der Waals surface area contributed by atoms with Gasteiger partial charge in [-0.05, 0) is 30.4 Å². The number of pyridine rings is 1. The van der Waals surface area contributed by atoms with E-state index in [1.54, 1.807) is 12.4 Å². The van der Waals surface area contributed by atoms with Crippen LogP contribution in [0.1, 0.15) is 12.8 Å². The highest BCUT2D eigenvalue weighted by molar-refractivity contribution is 7.11. The number of hydrogen-bond acceptors (Lipinski definition) is 6. The summed E-state index contributed by atoms with van der Waals surface area (Å²) < 4.78 is 4.28. The monoisotopic (exact) mass is 303 g/mol. The molecule has 1 aliphatic rings. The molecule has 1 aliphatic heterocycles. The molecule has 1 saturated heterocycles. The maximum absolute atomic E-state index is 11.3. The van der Waals surface area contributed by atoms with Gasteiger partial charge < -0.3 is 16.4 Å². The molecule has 0 spiro atoms. The van der Waals surface area contributed by atoms with Crippen LogP contribution in [0.5, 0.6) is 0 Å². The van der Waals surface area contributed by atoms with E-state index in [-0.39, 0.29) is 11.8 Å². The van der Waals surface area contributed by atoms with Crippen LogP contribution in [0.15, 0.2) is 24.5 Å². The first-order valence-electron chi connectivity index (χ1n) is 6.86. The minimum Gasteiger partial charge on any atom is -0.382 e. The maximum Gasteiger partial charge on any atom is 0.220 e. The molecular weight excluding hydrogens is 286 g/mol. The van der Waals surface area contributed by atoms with E-state index in [0.717, 1.165) is 42.1 Å². The second kappa shape index (κ2) is 5.69. The van der Waals surface area contributed by atoms with Crippen LogP contribution in [0, 0.1) is 5.92 Å². The molecular formula is C14H17N5OS. The van der Waals surface area contributed by atoms with Crippen LogP contribution in [0.25, 0.3) is 11.1 Å². The van der Waals surface area contributed by atoms with Gasteiger partial charge in [0.2, 0.25) is 5.91 Å². The lowest BCUT2D eigenvalue weighted by Gasteiger charge is -2.31. The molecule has 0 bridgehead atoms. The van der Waals surface area contributed by atoms with Gasteiger partial charge in [0.05, 0.1) is 5.56 Å². The first kappa shape index (κ1) is 13.8. The predicted molar refractivity (Wildman–Crippen MR) is 83.9 cm³/mol. The quantitative estimate of drug-likeness (QED) is 0.895. The van der Waals surface area contributed by atoms with Crippen molar-refractivity contribution in [1.29, 1.82) is 0 Å². The Bertz CT molecular complexity index is 634. The fourth-order valence-corrected chi connectivity index (χ4v) is 3.55. The lowest BCUT2D eigenvalue weighted by molar-refractivity contribution is -0.122. The summed E-state index contributed by atoms with van der Waals surface area (Å²) in [6.45, 7) is 1.59. The molecule has 0 unspecified atom stereocenters. The number of nitrogen functional groups attached to an aromatic ring is 1. The summed E-state index contributed by atoms with van der Waals surface area (Å²) in [6, 6.07) is 3.86. The Balaban J connectivity index is 1.86. The van der Waals surface area contributed by atoms with Crippen molar-refractivity contribution < 1.29 is 4.79 Å². The number of carbonyl (C=O) groups excluding carboxylic acids is 1. The molecule has 0 radical (unpaired) electrons. The Morgan fingerprint density at radius 1 is 1.38 bits per heavy atom. The average molecular weight is 303 g/mol. The van der Waals surface area contributed by atoms with Crippen LogP contribution in [-0.4, -0.2) is 28.4 Å². The fraction of sp³-hybridized carbons (Fsp3) is 0.357. The lowest BCUT2D eigenvalue weighted by atomic mass is 9.96. The van der Waals surface area contributed by atoms with E-state index < -0.39 is 0 Å². The Morgan fingerprint density at radius 2 is 2.14 bits per heavy atom. The molecule has 0 aromatic carbocycles. The zero-order valence-corrected chi connectivity index (χ0v) is 12.3. The molecule has 110 valence electrons. The highest BCUT2D eigenvalue weighted by Crippen LogP contribution is 2.40. The highest BCUT2D eigenvalue weighted by Gasteiger charge is 2.26. The van der Waals surface area contributed by atoms with Gasteiger partial charge in [0.15, 0.2) is 0 Å². The second-order valence-electron chi connectivity index (χ2n) is 5.15. The van der Waals surface area contributed by atoms with Gasteiger partial charge in [0, 0.05) is 37.0 Å². The third kappa shape index (κ3) is 2.69. The number of piperidine rings is 1. The van der Waals surface area contributed by atoms with E-state index in [0.29, 0.717) is 5.82 Å². The van der Waals surface area contributed by atoms with Crippen molar-refractivity contribution >= 4 is 28.3 Å². The van der Waals surface area contributed by atoms with Crippen LogP contribution < -0.4 is 16.4 Å². The molecule has 3 heterocycles. The van der Waals surface area contributed by atoms with Gasteiger partial charge in [0.25, 0.3) is 0 Å². The summed E-state index contributed by atoms with van der Waals surface area (Å²) in [6.07, 6.45) is 5.08. The van der Waals surface area contributed by atoms with E-state index in [2.05, 4.69) is 14.3 Å². The maximum atomic E-state index is 11.3. The van der Waals surface area contributed by atoms with E-state index in [4.69, 9.17) is 11.5 Å². The average Bonchev–Trinajstić information content (AvgIpc) is 2.90. The minimum absolute atomic E-state index is 0.0200. The van der Waals surface area contributed by atoms with Gasteiger partial charge >= 0.3 is 0 Å². The van der Waals surface area contributed by atoms with E-state index >= 15 is 0 Å². The van der Waals surface area contributed by atoms with Gasteiger partial charge in [-0.25, -0.2) is 0 Å². The number of amides is 1. The van der Waals surface area contributed by atoms with Crippen molar-refractivity contribution in [3.8, 4) is 11.1 Å². The van der Waals surface area contributed by atoms with Gasteiger partial charge in [-0.15, -0.1) is 0 Å². The molecule has 0 atom stereocenters. The summed E-state index contributed by atoms with van der Waals surface area (Å²) in [5.41, 5.74) is 13.3. The lowest BCUT2D eigenvalue weighted by Crippen LogP contribution is -2.38. The van der Waals surface area contributed by atoms with E-state index in [1.807, 2.05) is 12.1 Å². The minimum atomic E-state index is -0.203. The van der Waals surface area contributed by atoms with Crippen molar-refractivity contribution in [1.82, 2.24) is 9.36 Å². The Morgan fingerprint density at radius 3 is 2.76 bits per heavy atom. The molecule has 0 saturated carbocycles. The summed E-state index contributed by atoms with van der Waals surface area (Å²) in [7, 11) is 0. The molecule has 4 N–H and O–H groups in total. The number of nitrogens with zero attached hydrogens (tertiary/aromatic N) is 3. The summed E-state index contributed by atoms with van der Waals surface area (Å²) in [5, 5.41) is 1.04. The van der Waals surface area contributed by atoms with Gasteiger partial charge in [0.1, 0.15) is 10.8 Å². The van der Waals surface area contributed by atoms with Crippen LogP contribution in [0.3, 0.4) is 0 Å². The van der Waals surface area contributed by atoms with Crippen molar-refractivity contribution in [2.24, 2.45) is 11.7 Å². The topological polar surface area (TPSA) is 98.1 Å². The third-order valence-corrected chi connectivity index (χ3v) is 4.76. The summed E-state index contributed by atoms with van der Waals surface area (Å²) in [5.74, 6) is 0.305.